The molecule has 6 heteroatoms. The van der Waals surface area contributed by atoms with Gasteiger partial charge in [0.1, 0.15) is 11.3 Å². The molecule has 5 nitrogen and oxygen atoms in total. The Bertz CT molecular complexity index is 1070. The number of rotatable bonds is 3. The van der Waals surface area contributed by atoms with Crippen LogP contribution >= 0.6 is 0 Å². The lowest BCUT2D eigenvalue weighted by molar-refractivity contribution is 0.0629. The molecule has 0 unspecified atom stereocenters. The summed E-state index contributed by atoms with van der Waals surface area (Å²) < 4.78 is 14.1. The van der Waals surface area contributed by atoms with E-state index in [0.717, 1.165) is 31.0 Å². The second-order valence-corrected chi connectivity index (χ2v) is 7.77. The third kappa shape index (κ3) is 4.12. The van der Waals surface area contributed by atoms with E-state index in [0.29, 0.717) is 29.7 Å². The van der Waals surface area contributed by atoms with Gasteiger partial charge in [-0.3, -0.25) is 9.69 Å². The van der Waals surface area contributed by atoms with Crippen molar-refractivity contribution in [1.82, 2.24) is 19.8 Å². The highest BCUT2D eigenvalue weighted by molar-refractivity contribution is 6.04. The normalized spacial score (nSPS) is 15.1. The number of benzene rings is 2. The fraction of sp³-hybridized carbons (Fsp3) is 0.348. The number of halogens is 1. The van der Waals surface area contributed by atoms with Gasteiger partial charge in [-0.2, -0.15) is 0 Å². The molecule has 1 fully saturated rings. The van der Waals surface area contributed by atoms with Gasteiger partial charge >= 0.3 is 0 Å². The molecule has 1 aromatic heterocycles. The average molecular weight is 392 g/mol. The first-order valence-corrected chi connectivity index (χ1v) is 9.92. The Balaban J connectivity index is 1.50. The molecule has 0 saturated carbocycles. The van der Waals surface area contributed by atoms with Crippen LogP contribution in [-0.2, 0) is 6.54 Å². The Morgan fingerprint density at radius 2 is 1.72 bits per heavy atom. The van der Waals surface area contributed by atoms with E-state index in [2.05, 4.69) is 46.1 Å². The number of fused-ring (bicyclic) bond motifs is 1. The van der Waals surface area contributed by atoms with Gasteiger partial charge in [0.2, 0.25) is 0 Å². The van der Waals surface area contributed by atoms with Crippen molar-refractivity contribution in [1.29, 1.82) is 0 Å². The van der Waals surface area contributed by atoms with E-state index in [9.17, 15) is 9.18 Å². The maximum absolute atomic E-state index is 14.1. The summed E-state index contributed by atoms with van der Waals surface area (Å²) in [4.78, 5) is 26.2. The third-order valence-corrected chi connectivity index (χ3v) is 5.52. The topological polar surface area (TPSA) is 49.3 Å². The molecule has 29 heavy (non-hydrogen) atoms. The number of aryl methyl sites for hydroxylation is 3. The van der Waals surface area contributed by atoms with E-state index in [1.165, 1.54) is 23.3 Å². The summed E-state index contributed by atoms with van der Waals surface area (Å²) in [6.07, 6.45) is 0. The lowest BCUT2D eigenvalue weighted by Crippen LogP contribution is -2.48. The first kappa shape index (κ1) is 19.5. The minimum absolute atomic E-state index is 0.178. The van der Waals surface area contributed by atoms with Crippen LogP contribution in [0.25, 0.3) is 11.0 Å². The molecule has 3 aromatic rings. The summed E-state index contributed by atoms with van der Waals surface area (Å²) in [7, 11) is 0. The van der Waals surface area contributed by atoms with E-state index in [1.54, 1.807) is 4.90 Å². The summed E-state index contributed by atoms with van der Waals surface area (Å²) in [5, 5.41) is 0. The lowest BCUT2D eigenvalue weighted by Gasteiger charge is -2.35. The Morgan fingerprint density at radius 1 is 1.00 bits per heavy atom. The van der Waals surface area contributed by atoms with Gasteiger partial charge in [-0.25, -0.2) is 14.4 Å². The minimum atomic E-state index is -0.462. The molecule has 0 radical (unpaired) electrons. The van der Waals surface area contributed by atoms with Gasteiger partial charge in [0, 0.05) is 38.8 Å². The first-order valence-electron chi connectivity index (χ1n) is 9.92. The Labute approximate surface area is 170 Å². The van der Waals surface area contributed by atoms with Crippen LogP contribution in [0, 0.1) is 26.6 Å². The van der Waals surface area contributed by atoms with Crippen LogP contribution < -0.4 is 0 Å². The number of hydrogen-bond acceptors (Lipinski definition) is 4. The van der Waals surface area contributed by atoms with Crippen molar-refractivity contribution >= 4 is 16.9 Å². The zero-order chi connectivity index (χ0) is 20.5. The maximum atomic E-state index is 14.1. The van der Waals surface area contributed by atoms with Crippen LogP contribution in [0.15, 0.2) is 36.4 Å². The van der Waals surface area contributed by atoms with Crippen molar-refractivity contribution in [2.45, 2.75) is 27.3 Å². The van der Waals surface area contributed by atoms with Crippen LogP contribution in [0.3, 0.4) is 0 Å². The maximum Gasteiger partial charge on any atom is 0.256 e. The Kier molecular flexibility index (Phi) is 5.28. The van der Waals surface area contributed by atoms with Crippen LogP contribution in [0.2, 0.25) is 0 Å². The standard InChI is InChI=1S/C23H25FN4O/c1-15-5-4-6-18(11-15)14-27-7-9-28(10-8-27)23(29)20-12-19(24)13-21-22(20)26-17(3)16(2)25-21/h4-6,11-13H,7-10,14H2,1-3H3. The van der Waals surface area contributed by atoms with Crippen molar-refractivity contribution in [2.24, 2.45) is 0 Å². The fourth-order valence-electron chi connectivity index (χ4n) is 3.81. The first-order chi connectivity index (χ1) is 13.9. The van der Waals surface area contributed by atoms with E-state index < -0.39 is 5.82 Å². The molecule has 4 rings (SSSR count). The summed E-state index contributed by atoms with van der Waals surface area (Å²) in [5.41, 5.74) is 5.22. The summed E-state index contributed by atoms with van der Waals surface area (Å²) >= 11 is 0. The number of hydrogen-bond donors (Lipinski definition) is 0. The molecule has 0 N–H and O–H groups in total. The Hall–Kier alpha value is -2.86. The van der Waals surface area contributed by atoms with E-state index >= 15 is 0 Å². The van der Waals surface area contributed by atoms with Crippen molar-refractivity contribution < 1.29 is 9.18 Å². The van der Waals surface area contributed by atoms with E-state index in [4.69, 9.17) is 0 Å². The summed E-state index contributed by atoms with van der Waals surface area (Å²) in [6.45, 7) is 9.45. The van der Waals surface area contributed by atoms with Gasteiger partial charge in [-0.05, 0) is 32.4 Å². The Morgan fingerprint density at radius 3 is 2.45 bits per heavy atom. The molecule has 0 bridgehead atoms. The number of amides is 1. The molecule has 0 spiro atoms. The minimum Gasteiger partial charge on any atom is -0.336 e. The number of piperazine rings is 1. The molecular weight excluding hydrogens is 367 g/mol. The van der Waals surface area contributed by atoms with Crippen molar-refractivity contribution in [3.63, 3.8) is 0 Å². The average Bonchev–Trinajstić information content (AvgIpc) is 2.69. The van der Waals surface area contributed by atoms with Crippen LogP contribution in [-0.4, -0.2) is 51.9 Å². The third-order valence-electron chi connectivity index (χ3n) is 5.52. The predicted molar refractivity (Wildman–Crippen MR) is 111 cm³/mol. The van der Waals surface area contributed by atoms with Crippen molar-refractivity contribution in [3.05, 3.63) is 70.3 Å². The van der Waals surface area contributed by atoms with Crippen LogP contribution in [0.1, 0.15) is 32.9 Å². The molecule has 2 aromatic carbocycles. The number of carbonyl (C=O) groups is 1. The van der Waals surface area contributed by atoms with Crippen LogP contribution in [0.5, 0.6) is 0 Å². The van der Waals surface area contributed by atoms with Gasteiger partial charge in [0.05, 0.1) is 22.5 Å². The highest BCUT2D eigenvalue weighted by Crippen LogP contribution is 2.21. The number of carbonyl (C=O) groups excluding carboxylic acids is 1. The van der Waals surface area contributed by atoms with Gasteiger partial charge in [-0.1, -0.05) is 29.8 Å². The molecule has 0 atom stereocenters. The van der Waals surface area contributed by atoms with E-state index in [-0.39, 0.29) is 5.91 Å². The van der Waals surface area contributed by atoms with Crippen molar-refractivity contribution in [3.8, 4) is 0 Å². The fourth-order valence-corrected chi connectivity index (χ4v) is 3.81. The van der Waals surface area contributed by atoms with Gasteiger partial charge in [0.15, 0.2) is 0 Å². The van der Waals surface area contributed by atoms with Gasteiger partial charge in [-0.15, -0.1) is 0 Å². The van der Waals surface area contributed by atoms with E-state index in [1.807, 2.05) is 13.8 Å². The number of nitrogens with zero attached hydrogens (tertiary/aromatic N) is 4. The molecule has 1 aliphatic rings. The molecule has 1 aliphatic heterocycles. The number of aromatic nitrogens is 2. The molecular formula is C23H25FN4O. The molecule has 2 heterocycles. The van der Waals surface area contributed by atoms with Crippen LogP contribution in [0.4, 0.5) is 4.39 Å². The highest BCUT2D eigenvalue weighted by Gasteiger charge is 2.25. The molecule has 1 saturated heterocycles. The highest BCUT2D eigenvalue weighted by atomic mass is 19.1. The smallest absolute Gasteiger partial charge is 0.256 e. The second-order valence-electron chi connectivity index (χ2n) is 7.77. The molecule has 0 aliphatic carbocycles. The predicted octanol–water partition coefficient (Wildman–Crippen LogP) is 3.65. The lowest BCUT2D eigenvalue weighted by atomic mass is 10.1. The SMILES string of the molecule is Cc1cccc(CN2CCN(C(=O)c3cc(F)cc4nc(C)c(C)nc34)CC2)c1. The second kappa shape index (κ2) is 7.87. The van der Waals surface area contributed by atoms with Gasteiger partial charge in [0.25, 0.3) is 5.91 Å². The monoisotopic (exact) mass is 392 g/mol. The summed E-state index contributed by atoms with van der Waals surface area (Å²) in [5.74, 6) is -0.640. The molecule has 1 amide bonds. The van der Waals surface area contributed by atoms with Gasteiger partial charge < -0.3 is 4.90 Å². The van der Waals surface area contributed by atoms with Crippen molar-refractivity contribution in [2.75, 3.05) is 26.2 Å². The zero-order valence-corrected chi connectivity index (χ0v) is 17.1. The zero-order valence-electron chi connectivity index (χ0n) is 17.1. The molecule has 150 valence electrons. The quantitative estimate of drug-likeness (QED) is 0.683. The largest absolute Gasteiger partial charge is 0.336 e. The summed E-state index contributed by atoms with van der Waals surface area (Å²) in [6, 6.07) is 11.1.